The van der Waals surface area contributed by atoms with Crippen molar-refractivity contribution in [2.24, 2.45) is 5.41 Å². The summed E-state index contributed by atoms with van der Waals surface area (Å²) in [5, 5.41) is 3.06. The third kappa shape index (κ3) is 4.26. The maximum absolute atomic E-state index is 12.4. The average Bonchev–Trinajstić information content (AvgIpc) is 3.13. The first-order valence-electron chi connectivity index (χ1n) is 7.15. The van der Waals surface area contributed by atoms with Crippen molar-refractivity contribution in [3.8, 4) is 0 Å². The molecule has 1 aromatic heterocycles. The minimum atomic E-state index is -3.40. The van der Waals surface area contributed by atoms with E-state index >= 15 is 0 Å². The molecule has 0 saturated heterocycles. The summed E-state index contributed by atoms with van der Waals surface area (Å²) in [5.41, 5.74) is 1.14. The molecule has 0 bridgehead atoms. The molecule has 1 heterocycles. The van der Waals surface area contributed by atoms with Crippen molar-refractivity contribution in [2.75, 3.05) is 27.3 Å². The predicted octanol–water partition coefficient (Wildman–Crippen LogP) is 1.87. The molecule has 1 aliphatic rings. The van der Waals surface area contributed by atoms with Gasteiger partial charge in [0.1, 0.15) is 4.21 Å². The van der Waals surface area contributed by atoms with E-state index in [1.165, 1.54) is 11.3 Å². The molecule has 0 spiro atoms. The highest BCUT2D eigenvalue weighted by Gasteiger charge is 2.42. The van der Waals surface area contributed by atoms with Crippen molar-refractivity contribution in [1.29, 1.82) is 0 Å². The van der Waals surface area contributed by atoms with Gasteiger partial charge in [0.2, 0.25) is 10.0 Å². The summed E-state index contributed by atoms with van der Waals surface area (Å²) in [4.78, 5) is 1.07. The maximum Gasteiger partial charge on any atom is 0.250 e. The lowest BCUT2D eigenvalue weighted by Gasteiger charge is -2.15. The van der Waals surface area contributed by atoms with Gasteiger partial charge in [-0.15, -0.1) is 11.3 Å². The van der Waals surface area contributed by atoms with Crippen LogP contribution >= 0.6 is 11.3 Å². The molecule has 120 valence electrons. The summed E-state index contributed by atoms with van der Waals surface area (Å²) < 4.78 is 33.1. The van der Waals surface area contributed by atoms with Gasteiger partial charge in [-0.05, 0) is 50.3 Å². The zero-order valence-electron chi connectivity index (χ0n) is 12.9. The summed E-state index contributed by atoms with van der Waals surface area (Å²) in [6.07, 6.45) is 3.07. The Hall–Kier alpha value is -0.470. The van der Waals surface area contributed by atoms with E-state index in [0.717, 1.165) is 29.7 Å². The standard InChI is InChI=1S/C14H24N2O3S2/c1-11-8-13(20-12(11)9-15-2)21(17,18)16-10-14(4-5-14)6-7-19-3/h8,15-16H,4-7,9-10H2,1-3H3. The van der Waals surface area contributed by atoms with Gasteiger partial charge in [-0.25, -0.2) is 13.1 Å². The van der Waals surface area contributed by atoms with Crippen molar-refractivity contribution in [3.63, 3.8) is 0 Å². The third-order valence-electron chi connectivity index (χ3n) is 4.03. The fourth-order valence-corrected chi connectivity index (χ4v) is 5.09. The van der Waals surface area contributed by atoms with Crippen LogP contribution in [0.3, 0.4) is 0 Å². The molecule has 7 heteroatoms. The molecule has 0 aliphatic heterocycles. The SMILES string of the molecule is CNCc1sc(S(=O)(=O)NCC2(CCOC)CC2)cc1C. The van der Waals surface area contributed by atoms with Crippen molar-refractivity contribution in [1.82, 2.24) is 10.0 Å². The highest BCUT2D eigenvalue weighted by atomic mass is 32.2. The first-order valence-corrected chi connectivity index (χ1v) is 9.45. The Morgan fingerprint density at radius 2 is 2.14 bits per heavy atom. The van der Waals surface area contributed by atoms with Gasteiger partial charge in [0.25, 0.3) is 0 Å². The zero-order chi connectivity index (χ0) is 15.5. The predicted molar refractivity (Wildman–Crippen MR) is 85.2 cm³/mol. The van der Waals surface area contributed by atoms with Gasteiger partial charge < -0.3 is 10.1 Å². The molecule has 0 aromatic carbocycles. The number of thiophene rings is 1. The maximum atomic E-state index is 12.4. The summed E-state index contributed by atoms with van der Waals surface area (Å²) >= 11 is 1.34. The van der Waals surface area contributed by atoms with Gasteiger partial charge in [-0.3, -0.25) is 0 Å². The van der Waals surface area contributed by atoms with Crippen molar-refractivity contribution >= 4 is 21.4 Å². The quantitative estimate of drug-likeness (QED) is 0.724. The number of sulfonamides is 1. The van der Waals surface area contributed by atoms with Gasteiger partial charge in [0, 0.05) is 31.7 Å². The lowest BCUT2D eigenvalue weighted by atomic mass is 10.0. The van der Waals surface area contributed by atoms with E-state index in [-0.39, 0.29) is 5.41 Å². The van der Waals surface area contributed by atoms with Crippen LogP contribution in [0.2, 0.25) is 0 Å². The summed E-state index contributed by atoms with van der Waals surface area (Å²) in [6.45, 7) is 3.84. The molecule has 1 saturated carbocycles. The number of nitrogens with one attached hydrogen (secondary N) is 2. The van der Waals surface area contributed by atoms with Crippen LogP contribution in [0.4, 0.5) is 0 Å². The Bertz CT molecular complexity index is 577. The molecule has 0 radical (unpaired) electrons. The van der Waals surface area contributed by atoms with Crippen molar-refractivity contribution in [3.05, 3.63) is 16.5 Å². The minimum Gasteiger partial charge on any atom is -0.385 e. The van der Waals surface area contributed by atoms with Gasteiger partial charge >= 0.3 is 0 Å². The summed E-state index contributed by atoms with van der Waals surface area (Å²) in [6, 6.07) is 1.76. The van der Waals surface area contributed by atoms with E-state index in [2.05, 4.69) is 10.0 Å². The number of hydrogen-bond donors (Lipinski definition) is 2. The Kier molecular flexibility index (Phi) is 5.43. The molecule has 2 N–H and O–H groups in total. The van der Waals surface area contributed by atoms with Crippen LogP contribution < -0.4 is 10.0 Å². The van der Waals surface area contributed by atoms with Crippen molar-refractivity contribution in [2.45, 2.75) is 36.9 Å². The second kappa shape index (κ2) is 6.75. The molecule has 0 unspecified atom stereocenters. The number of methoxy groups -OCH3 is 1. The topological polar surface area (TPSA) is 67.4 Å². The fourth-order valence-electron chi connectivity index (χ4n) is 2.29. The molecule has 0 amide bonds. The van der Waals surface area contributed by atoms with Crippen LogP contribution in [-0.2, 0) is 21.3 Å². The Morgan fingerprint density at radius 3 is 2.71 bits per heavy atom. The first-order chi connectivity index (χ1) is 9.92. The highest BCUT2D eigenvalue weighted by molar-refractivity contribution is 7.91. The van der Waals surface area contributed by atoms with E-state index in [1.807, 2.05) is 14.0 Å². The Balaban J connectivity index is 2.00. The molecule has 0 atom stereocenters. The minimum absolute atomic E-state index is 0.114. The first kappa shape index (κ1) is 16.9. The largest absolute Gasteiger partial charge is 0.385 e. The van der Waals surface area contributed by atoms with Gasteiger partial charge in [0.05, 0.1) is 0 Å². The molecular formula is C14H24N2O3S2. The van der Waals surface area contributed by atoms with E-state index < -0.39 is 10.0 Å². The molecule has 5 nitrogen and oxygen atoms in total. The van der Waals surface area contributed by atoms with E-state index in [4.69, 9.17) is 4.74 Å². The number of ether oxygens (including phenoxy) is 1. The third-order valence-corrected chi connectivity index (χ3v) is 7.14. The second-order valence-electron chi connectivity index (χ2n) is 5.77. The average molecular weight is 332 g/mol. The smallest absolute Gasteiger partial charge is 0.250 e. The van der Waals surface area contributed by atoms with Crippen LogP contribution in [0.25, 0.3) is 0 Å². The van der Waals surface area contributed by atoms with Gasteiger partial charge in [0.15, 0.2) is 0 Å². The van der Waals surface area contributed by atoms with Crippen LogP contribution in [0.15, 0.2) is 10.3 Å². The Labute approximate surface area is 131 Å². The molecule has 1 aliphatic carbocycles. The van der Waals surface area contributed by atoms with Crippen LogP contribution in [0.5, 0.6) is 0 Å². The molecule has 1 fully saturated rings. The normalized spacial score (nSPS) is 17.1. The second-order valence-corrected chi connectivity index (χ2v) is 8.90. The van der Waals surface area contributed by atoms with Gasteiger partial charge in [-0.1, -0.05) is 0 Å². The lowest BCUT2D eigenvalue weighted by molar-refractivity contribution is 0.173. The van der Waals surface area contributed by atoms with Gasteiger partial charge in [-0.2, -0.15) is 0 Å². The molecule has 1 aromatic rings. The summed E-state index contributed by atoms with van der Waals surface area (Å²) in [5.74, 6) is 0. The zero-order valence-corrected chi connectivity index (χ0v) is 14.5. The van der Waals surface area contributed by atoms with E-state index in [0.29, 0.717) is 23.9 Å². The number of rotatable bonds is 9. The van der Waals surface area contributed by atoms with Crippen LogP contribution in [-0.4, -0.2) is 35.7 Å². The number of hydrogen-bond acceptors (Lipinski definition) is 5. The monoisotopic (exact) mass is 332 g/mol. The van der Waals surface area contributed by atoms with E-state index in [9.17, 15) is 8.42 Å². The number of aryl methyl sites for hydroxylation is 1. The molecular weight excluding hydrogens is 308 g/mol. The molecule has 21 heavy (non-hydrogen) atoms. The van der Waals surface area contributed by atoms with E-state index in [1.54, 1.807) is 13.2 Å². The summed E-state index contributed by atoms with van der Waals surface area (Å²) in [7, 11) is 0.139. The molecule has 2 rings (SSSR count). The Morgan fingerprint density at radius 1 is 1.43 bits per heavy atom. The van der Waals surface area contributed by atoms with Crippen LogP contribution in [0, 0.1) is 12.3 Å². The lowest BCUT2D eigenvalue weighted by Crippen LogP contribution is -2.30. The fraction of sp³-hybridized carbons (Fsp3) is 0.714. The highest BCUT2D eigenvalue weighted by Crippen LogP contribution is 2.48. The van der Waals surface area contributed by atoms with Crippen molar-refractivity contribution < 1.29 is 13.2 Å². The van der Waals surface area contributed by atoms with Crippen LogP contribution in [0.1, 0.15) is 29.7 Å².